The molecule has 0 saturated carbocycles. The molecular formula is C15H16FN3S. The van der Waals surface area contributed by atoms with E-state index in [1.807, 2.05) is 26.8 Å². The number of aromatic nitrogens is 1. The second kappa shape index (κ2) is 5.54. The number of hydrogen-bond donors (Lipinski definition) is 2. The van der Waals surface area contributed by atoms with Gasteiger partial charge in [-0.15, -0.1) is 0 Å². The van der Waals surface area contributed by atoms with Crippen LogP contribution in [-0.2, 0) is 0 Å². The van der Waals surface area contributed by atoms with E-state index >= 15 is 0 Å². The number of nitrogens with two attached hydrogens (primary N) is 1. The fourth-order valence-electron chi connectivity index (χ4n) is 2.10. The van der Waals surface area contributed by atoms with Gasteiger partial charge in [0.1, 0.15) is 16.6 Å². The highest BCUT2D eigenvalue weighted by Gasteiger charge is 2.13. The fraction of sp³-hybridized carbons (Fsp3) is 0.200. The average molecular weight is 289 g/mol. The number of pyridine rings is 1. The molecule has 20 heavy (non-hydrogen) atoms. The zero-order chi connectivity index (χ0) is 14.9. The first kappa shape index (κ1) is 14.4. The number of halogens is 1. The van der Waals surface area contributed by atoms with Gasteiger partial charge in [-0.05, 0) is 50.1 Å². The van der Waals surface area contributed by atoms with Gasteiger partial charge in [0.25, 0.3) is 0 Å². The Bertz CT molecular complexity index is 683. The topological polar surface area (TPSA) is 50.9 Å². The number of benzene rings is 1. The van der Waals surface area contributed by atoms with Gasteiger partial charge < -0.3 is 11.1 Å². The molecule has 5 heteroatoms. The SMILES string of the molecule is Cc1ccc(F)c(Nc2nc(C)cc(C)c2C(N)=S)c1. The van der Waals surface area contributed by atoms with Crippen molar-refractivity contribution in [2.24, 2.45) is 5.73 Å². The number of aryl methyl sites for hydroxylation is 3. The molecule has 0 aliphatic heterocycles. The lowest BCUT2D eigenvalue weighted by molar-refractivity contribution is 0.631. The van der Waals surface area contributed by atoms with Crippen LogP contribution < -0.4 is 11.1 Å². The molecule has 104 valence electrons. The van der Waals surface area contributed by atoms with Gasteiger partial charge in [-0.2, -0.15) is 0 Å². The minimum absolute atomic E-state index is 0.241. The first-order valence-electron chi connectivity index (χ1n) is 6.19. The first-order valence-corrected chi connectivity index (χ1v) is 6.60. The molecule has 1 heterocycles. The van der Waals surface area contributed by atoms with Gasteiger partial charge in [0, 0.05) is 5.69 Å². The fourth-order valence-corrected chi connectivity index (χ4v) is 2.36. The quantitative estimate of drug-likeness (QED) is 0.849. The Hall–Kier alpha value is -2.01. The van der Waals surface area contributed by atoms with E-state index in [2.05, 4.69) is 10.3 Å². The maximum Gasteiger partial charge on any atom is 0.146 e. The minimum Gasteiger partial charge on any atom is -0.389 e. The highest BCUT2D eigenvalue weighted by atomic mass is 32.1. The molecule has 0 saturated heterocycles. The third kappa shape index (κ3) is 2.93. The van der Waals surface area contributed by atoms with Crippen molar-refractivity contribution in [3.63, 3.8) is 0 Å². The Morgan fingerprint density at radius 1 is 1.25 bits per heavy atom. The molecule has 0 bridgehead atoms. The first-order chi connectivity index (χ1) is 9.38. The summed E-state index contributed by atoms with van der Waals surface area (Å²) in [6.45, 7) is 5.67. The maximum atomic E-state index is 13.8. The summed E-state index contributed by atoms with van der Waals surface area (Å²) >= 11 is 5.06. The van der Waals surface area contributed by atoms with Gasteiger partial charge in [0.2, 0.25) is 0 Å². The van der Waals surface area contributed by atoms with Gasteiger partial charge in [0.15, 0.2) is 0 Å². The summed E-state index contributed by atoms with van der Waals surface area (Å²) < 4.78 is 13.8. The van der Waals surface area contributed by atoms with Crippen molar-refractivity contribution in [2.45, 2.75) is 20.8 Å². The van der Waals surface area contributed by atoms with Crippen LogP contribution in [-0.4, -0.2) is 9.97 Å². The Labute approximate surface area is 123 Å². The number of hydrogen-bond acceptors (Lipinski definition) is 3. The highest BCUT2D eigenvalue weighted by molar-refractivity contribution is 7.80. The standard InChI is InChI=1S/C15H16FN3S/c1-8-4-5-11(16)12(6-8)19-15-13(14(17)20)9(2)7-10(3)18-15/h4-7H,1-3H3,(H2,17,20)(H,18,19). The Kier molecular flexibility index (Phi) is 3.99. The molecule has 0 aliphatic rings. The van der Waals surface area contributed by atoms with Crippen LogP contribution in [0.4, 0.5) is 15.9 Å². The molecule has 2 aromatic rings. The second-order valence-corrected chi connectivity index (χ2v) is 5.22. The molecular weight excluding hydrogens is 273 g/mol. The predicted molar refractivity (Wildman–Crippen MR) is 84.0 cm³/mol. The Morgan fingerprint density at radius 3 is 2.60 bits per heavy atom. The number of rotatable bonds is 3. The summed E-state index contributed by atoms with van der Waals surface area (Å²) in [6.07, 6.45) is 0. The van der Waals surface area contributed by atoms with Crippen molar-refractivity contribution < 1.29 is 4.39 Å². The number of nitrogens with zero attached hydrogens (tertiary/aromatic N) is 1. The molecule has 0 atom stereocenters. The van der Waals surface area contributed by atoms with Crippen LogP contribution in [0.2, 0.25) is 0 Å². The summed E-state index contributed by atoms with van der Waals surface area (Å²) in [7, 11) is 0. The summed E-state index contributed by atoms with van der Waals surface area (Å²) in [6, 6.07) is 6.75. The second-order valence-electron chi connectivity index (χ2n) is 4.78. The average Bonchev–Trinajstić information content (AvgIpc) is 2.32. The maximum absolute atomic E-state index is 13.8. The summed E-state index contributed by atoms with van der Waals surface area (Å²) in [5.74, 6) is 0.143. The third-order valence-electron chi connectivity index (χ3n) is 2.97. The van der Waals surface area contributed by atoms with E-state index in [1.165, 1.54) is 6.07 Å². The molecule has 3 nitrogen and oxygen atoms in total. The predicted octanol–water partition coefficient (Wildman–Crippen LogP) is 3.52. The van der Waals surface area contributed by atoms with Crippen molar-refractivity contribution in [3.05, 3.63) is 52.5 Å². The summed E-state index contributed by atoms with van der Waals surface area (Å²) in [5, 5.41) is 2.99. The van der Waals surface area contributed by atoms with Crippen molar-refractivity contribution in [1.82, 2.24) is 4.98 Å². The van der Waals surface area contributed by atoms with Gasteiger partial charge in [0.05, 0.1) is 11.3 Å². The molecule has 3 N–H and O–H groups in total. The zero-order valence-corrected chi connectivity index (χ0v) is 12.4. The van der Waals surface area contributed by atoms with Gasteiger partial charge >= 0.3 is 0 Å². The van der Waals surface area contributed by atoms with Crippen molar-refractivity contribution in [2.75, 3.05) is 5.32 Å². The van der Waals surface area contributed by atoms with E-state index in [-0.39, 0.29) is 10.8 Å². The third-order valence-corrected chi connectivity index (χ3v) is 3.17. The Morgan fingerprint density at radius 2 is 1.95 bits per heavy atom. The lowest BCUT2D eigenvalue weighted by Gasteiger charge is -2.14. The molecule has 0 unspecified atom stereocenters. The van der Waals surface area contributed by atoms with Gasteiger partial charge in [-0.25, -0.2) is 9.37 Å². The number of thiocarbonyl (C=S) groups is 1. The van der Waals surface area contributed by atoms with Crippen molar-refractivity contribution in [3.8, 4) is 0 Å². The van der Waals surface area contributed by atoms with Crippen LogP contribution in [0.15, 0.2) is 24.3 Å². The summed E-state index contributed by atoms with van der Waals surface area (Å²) in [5.41, 5.74) is 9.44. The molecule has 0 amide bonds. The molecule has 0 spiro atoms. The van der Waals surface area contributed by atoms with Crippen LogP contribution in [0.3, 0.4) is 0 Å². The zero-order valence-electron chi connectivity index (χ0n) is 11.6. The number of anilines is 2. The largest absolute Gasteiger partial charge is 0.389 e. The minimum atomic E-state index is -0.342. The molecule has 0 radical (unpaired) electrons. The molecule has 0 fully saturated rings. The van der Waals surface area contributed by atoms with Crippen LogP contribution in [0.5, 0.6) is 0 Å². The lowest BCUT2D eigenvalue weighted by atomic mass is 10.1. The van der Waals surface area contributed by atoms with Crippen LogP contribution in [0, 0.1) is 26.6 Å². The Balaban J connectivity index is 2.53. The molecule has 1 aromatic heterocycles. The van der Waals surface area contributed by atoms with E-state index < -0.39 is 0 Å². The van der Waals surface area contributed by atoms with Crippen LogP contribution in [0.1, 0.15) is 22.4 Å². The lowest BCUT2D eigenvalue weighted by Crippen LogP contribution is -2.15. The van der Waals surface area contributed by atoms with Crippen molar-refractivity contribution >= 4 is 28.7 Å². The molecule has 0 aliphatic carbocycles. The van der Waals surface area contributed by atoms with Crippen LogP contribution in [0.25, 0.3) is 0 Å². The summed E-state index contributed by atoms with van der Waals surface area (Å²) in [4.78, 5) is 4.62. The van der Waals surface area contributed by atoms with Gasteiger partial charge in [-0.3, -0.25) is 0 Å². The normalized spacial score (nSPS) is 10.4. The van der Waals surface area contributed by atoms with Gasteiger partial charge in [-0.1, -0.05) is 18.3 Å². The molecule has 1 aromatic carbocycles. The highest BCUT2D eigenvalue weighted by Crippen LogP contribution is 2.25. The van der Waals surface area contributed by atoms with E-state index in [1.54, 1.807) is 12.1 Å². The van der Waals surface area contributed by atoms with E-state index in [0.29, 0.717) is 17.1 Å². The van der Waals surface area contributed by atoms with E-state index in [4.69, 9.17) is 18.0 Å². The molecule has 2 rings (SSSR count). The van der Waals surface area contributed by atoms with E-state index in [9.17, 15) is 4.39 Å². The van der Waals surface area contributed by atoms with E-state index in [0.717, 1.165) is 16.8 Å². The van der Waals surface area contributed by atoms with Crippen LogP contribution >= 0.6 is 12.2 Å². The smallest absolute Gasteiger partial charge is 0.146 e. The number of nitrogens with one attached hydrogen (secondary N) is 1. The monoisotopic (exact) mass is 289 g/mol. The van der Waals surface area contributed by atoms with Crippen molar-refractivity contribution in [1.29, 1.82) is 0 Å².